The molecule has 0 aromatic rings. The molecule has 0 unspecified atom stereocenters. The highest BCUT2D eigenvalue weighted by atomic mass is 16.1. The first-order chi connectivity index (χ1) is 4.35. The summed E-state index contributed by atoms with van der Waals surface area (Å²) in [5.74, 6) is 0. The van der Waals surface area contributed by atoms with Crippen molar-refractivity contribution in [3.8, 4) is 0 Å². The first kappa shape index (κ1) is 7.81. The van der Waals surface area contributed by atoms with E-state index in [2.05, 4.69) is 5.32 Å². The summed E-state index contributed by atoms with van der Waals surface area (Å²) >= 11 is 0. The molecule has 0 aromatic heterocycles. The van der Waals surface area contributed by atoms with Gasteiger partial charge >= 0.3 is 0 Å². The lowest BCUT2D eigenvalue weighted by molar-refractivity contribution is -0.109. The predicted octanol–water partition coefficient (Wildman–Crippen LogP) is -1.29. The van der Waals surface area contributed by atoms with Gasteiger partial charge in [-0.25, -0.2) is 0 Å². The Bertz CT molecular complexity index is 103. The second kappa shape index (κ2) is 4.96. The molecule has 1 amide bonds. The number of carbonyl (C=O) groups is 1. The lowest BCUT2D eigenvalue weighted by atomic mass is 10.2. The van der Waals surface area contributed by atoms with Crippen molar-refractivity contribution in [2.75, 3.05) is 0 Å². The van der Waals surface area contributed by atoms with Crippen molar-refractivity contribution in [1.82, 2.24) is 5.32 Å². The van der Waals surface area contributed by atoms with Gasteiger partial charge in [0.15, 0.2) is 0 Å². The Kier molecular flexibility index (Phi) is 4.30. The van der Waals surface area contributed by atoms with Gasteiger partial charge in [-0.1, -0.05) is 0 Å². The Hall–Kier alpha value is -1.19. The van der Waals surface area contributed by atoms with Crippen molar-refractivity contribution in [3.05, 3.63) is 0 Å². The van der Waals surface area contributed by atoms with Crippen molar-refractivity contribution in [3.63, 3.8) is 0 Å². The van der Waals surface area contributed by atoms with Crippen LogP contribution in [-0.4, -0.2) is 25.0 Å². The third-order valence-corrected chi connectivity index (χ3v) is 0.699. The Morgan fingerprint density at radius 1 is 1.56 bits per heavy atom. The molecule has 0 saturated heterocycles. The highest BCUT2D eigenvalue weighted by Gasteiger charge is 2.03. The first-order valence-corrected chi connectivity index (χ1v) is 2.27. The molecule has 0 aliphatic heterocycles. The Morgan fingerprint density at radius 2 is 2.22 bits per heavy atom. The molecule has 4 nitrogen and oxygen atoms in total. The average Bonchev–Trinajstić information content (AvgIpc) is 1.88. The van der Waals surface area contributed by atoms with Gasteiger partial charge in [0.1, 0.15) is 6.04 Å². The Labute approximate surface area is 52.2 Å². The normalized spacial score (nSPS) is 11.6. The van der Waals surface area contributed by atoms with E-state index in [-0.39, 0.29) is 6.42 Å². The summed E-state index contributed by atoms with van der Waals surface area (Å²) in [5, 5.41) is 2.07. The van der Waals surface area contributed by atoms with Crippen LogP contribution in [0.2, 0.25) is 0 Å². The van der Waals surface area contributed by atoms with E-state index in [0.29, 0.717) is 6.41 Å². The Balaban J connectivity index is 3.51. The van der Waals surface area contributed by atoms with E-state index in [1.807, 2.05) is 0 Å². The topological polar surface area (TPSA) is 63.2 Å². The predicted molar refractivity (Wildman–Crippen MR) is 29.0 cm³/mol. The summed E-state index contributed by atoms with van der Waals surface area (Å²) in [5.41, 5.74) is 0. The van der Waals surface area contributed by atoms with Crippen LogP contribution in [-0.2, 0) is 14.4 Å². The van der Waals surface area contributed by atoms with Gasteiger partial charge in [0.2, 0.25) is 19.0 Å². The number of nitrogens with one attached hydrogen (secondary N) is 1. The van der Waals surface area contributed by atoms with Gasteiger partial charge < -0.3 is 5.32 Å². The maximum absolute atomic E-state index is 9.76. The third kappa shape index (κ3) is 3.40. The molecule has 0 fully saturated rings. The second-order valence-corrected chi connectivity index (χ2v) is 1.30. The summed E-state index contributed by atoms with van der Waals surface area (Å²) in [6, 6.07) is -0.833. The number of amides is 1. The van der Waals surface area contributed by atoms with Crippen LogP contribution in [0.3, 0.4) is 0 Å². The minimum absolute atomic E-state index is 0.137. The maximum Gasteiger partial charge on any atom is 0.223 e. The fraction of sp³-hybridized carbons (Fsp3) is 0.400. The van der Waals surface area contributed by atoms with Crippen LogP contribution in [0.4, 0.5) is 0 Å². The molecule has 2 radical (unpaired) electrons. The molecule has 0 spiro atoms. The molecule has 0 bridgehead atoms. The summed E-state index contributed by atoms with van der Waals surface area (Å²) in [4.78, 5) is 29.0. The van der Waals surface area contributed by atoms with Crippen molar-refractivity contribution < 1.29 is 14.4 Å². The van der Waals surface area contributed by atoms with Crippen LogP contribution in [0.15, 0.2) is 0 Å². The van der Waals surface area contributed by atoms with Crippen LogP contribution >= 0.6 is 0 Å². The van der Waals surface area contributed by atoms with E-state index < -0.39 is 6.04 Å². The van der Waals surface area contributed by atoms with E-state index in [4.69, 9.17) is 0 Å². The van der Waals surface area contributed by atoms with E-state index in [1.54, 1.807) is 0 Å². The third-order valence-electron chi connectivity index (χ3n) is 0.699. The van der Waals surface area contributed by atoms with Crippen molar-refractivity contribution in [1.29, 1.82) is 0 Å². The smallest absolute Gasteiger partial charge is 0.223 e. The van der Waals surface area contributed by atoms with Crippen molar-refractivity contribution in [2.45, 2.75) is 12.5 Å². The quantitative estimate of drug-likeness (QED) is 0.467. The molecule has 0 rings (SSSR count). The molecular formula is C5H5NO3. The van der Waals surface area contributed by atoms with E-state index in [1.165, 1.54) is 12.6 Å². The molecule has 48 valence electrons. The van der Waals surface area contributed by atoms with Gasteiger partial charge in [-0.05, 0) is 0 Å². The molecule has 0 aromatic carbocycles. The van der Waals surface area contributed by atoms with E-state index >= 15 is 0 Å². The molecule has 9 heavy (non-hydrogen) atoms. The number of carbonyl (C=O) groups excluding carboxylic acids is 3. The zero-order valence-corrected chi connectivity index (χ0v) is 4.59. The van der Waals surface area contributed by atoms with Gasteiger partial charge in [0.25, 0.3) is 0 Å². The molecular weight excluding hydrogens is 122 g/mol. The summed E-state index contributed by atoms with van der Waals surface area (Å²) in [6.07, 6.45) is 3.12. The van der Waals surface area contributed by atoms with Gasteiger partial charge in [0, 0.05) is 6.42 Å². The first-order valence-electron chi connectivity index (χ1n) is 2.27. The standard InChI is InChI=1S/C5H5NO3/c7-2-1-5(3-8)6-4-9/h4-5H,1H2,(H,6,9)/t5-/m0/s1. The van der Waals surface area contributed by atoms with Gasteiger partial charge in [-0.3, -0.25) is 14.4 Å². The minimum atomic E-state index is -0.833. The number of hydrogen-bond donors (Lipinski definition) is 1. The van der Waals surface area contributed by atoms with Gasteiger partial charge in [-0.2, -0.15) is 0 Å². The van der Waals surface area contributed by atoms with Gasteiger partial charge in [-0.15, -0.1) is 0 Å². The molecule has 0 aliphatic carbocycles. The summed E-state index contributed by atoms with van der Waals surface area (Å²) < 4.78 is 0. The Morgan fingerprint density at radius 3 is 2.56 bits per heavy atom. The number of hydrogen-bond acceptors (Lipinski definition) is 3. The summed E-state index contributed by atoms with van der Waals surface area (Å²) in [6.45, 7) is 0. The van der Waals surface area contributed by atoms with Crippen LogP contribution in [0.1, 0.15) is 6.42 Å². The molecule has 0 aliphatic rings. The fourth-order valence-electron chi connectivity index (χ4n) is 0.300. The fourth-order valence-corrected chi connectivity index (χ4v) is 0.300. The molecule has 1 atom stereocenters. The number of rotatable bonds is 5. The maximum atomic E-state index is 9.76. The second-order valence-electron chi connectivity index (χ2n) is 1.30. The van der Waals surface area contributed by atoms with Crippen molar-refractivity contribution in [2.24, 2.45) is 0 Å². The molecule has 0 saturated carbocycles. The lowest BCUT2D eigenvalue weighted by Crippen LogP contribution is -2.29. The minimum Gasteiger partial charge on any atom is -0.348 e. The van der Waals surface area contributed by atoms with Crippen molar-refractivity contribution >= 4 is 19.0 Å². The summed E-state index contributed by atoms with van der Waals surface area (Å²) in [7, 11) is 0. The zero-order valence-electron chi connectivity index (χ0n) is 4.59. The highest BCUT2D eigenvalue weighted by molar-refractivity contribution is 5.69. The average molecular weight is 127 g/mol. The molecule has 1 N–H and O–H groups in total. The van der Waals surface area contributed by atoms with E-state index in [9.17, 15) is 14.4 Å². The van der Waals surface area contributed by atoms with Crippen LogP contribution in [0.5, 0.6) is 0 Å². The monoisotopic (exact) mass is 127 g/mol. The highest BCUT2D eigenvalue weighted by Crippen LogP contribution is 1.79. The molecule has 4 heteroatoms. The zero-order chi connectivity index (χ0) is 7.11. The largest absolute Gasteiger partial charge is 0.348 e. The molecule has 0 heterocycles. The lowest BCUT2D eigenvalue weighted by Gasteiger charge is -1.99. The van der Waals surface area contributed by atoms with Crippen LogP contribution < -0.4 is 5.32 Å². The van der Waals surface area contributed by atoms with Gasteiger partial charge in [0.05, 0.1) is 0 Å². The van der Waals surface area contributed by atoms with E-state index in [0.717, 1.165) is 0 Å². The SMILES string of the molecule is O=[C]C[C@@H]([C]=O)NC=O. The van der Waals surface area contributed by atoms with Crippen LogP contribution in [0, 0.1) is 0 Å². The van der Waals surface area contributed by atoms with Crippen LogP contribution in [0.25, 0.3) is 0 Å².